The minimum absolute atomic E-state index is 0.355. The van der Waals surface area contributed by atoms with Gasteiger partial charge >= 0.3 is 11.7 Å². The summed E-state index contributed by atoms with van der Waals surface area (Å²) in [6.07, 6.45) is 1.58. The van der Waals surface area contributed by atoms with E-state index in [2.05, 4.69) is 0 Å². The summed E-state index contributed by atoms with van der Waals surface area (Å²) in [6.45, 7) is 0. The summed E-state index contributed by atoms with van der Waals surface area (Å²) < 4.78 is 22.5. The van der Waals surface area contributed by atoms with E-state index in [0.717, 1.165) is 18.5 Å². The summed E-state index contributed by atoms with van der Waals surface area (Å²) in [4.78, 5) is 20.1. The molecule has 0 saturated carbocycles. The van der Waals surface area contributed by atoms with E-state index in [1.807, 2.05) is 0 Å². The topological polar surface area (TPSA) is 120 Å². The van der Waals surface area contributed by atoms with E-state index < -0.39 is 32.3 Å². The first-order valence-corrected chi connectivity index (χ1v) is 5.39. The quantitative estimate of drug-likeness (QED) is 0.576. The average molecular weight is 234 g/mol. The molecule has 0 aromatic carbocycles. The molecule has 1 rings (SSSR count). The van der Waals surface area contributed by atoms with Gasteiger partial charge in [-0.25, -0.2) is 17.2 Å². The predicted octanol–water partition coefficient (Wildman–Crippen LogP) is -0.0978. The van der Waals surface area contributed by atoms with Crippen LogP contribution in [0.3, 0.4) is 0 Å². The molecule has 0 amide bonds. The fraction of sp³-hybridized carbons (Fsp3) is 0.167. The third-order valence-electron chi connectivity index (χ3n) is 1.59. The van der Waals surface area contributed by atoms with Crippen LogP contribution in [0.5, 0.6) is 0 Å². The summed E-state index contributed by atoms with van der Waals surface area (Å²) in [6, 6.07) is 0.824. The van der Waals surface area contributed by atoms with E-state index in [1.54, 1.807) is 0 Å². The minimum Gasteiger partial charge on any atom is -0.476 e. The van der Waals surface area contributed by atoms with Crippen molar-refractivity contribution >= 4 is 21.7 Å². The first kappa shape index (κ1) is 11.2. The number of hydrogen-bond acceptors (Lipinski definition) is 5. The van der Waals surface area contributed by atoms with Gasteiger partial charge in [-0.05, 0) is 0 Å². The Morgan fingerprint density at radius 2 is 2.13 bits per heavy atom. The molecular formula is C6H6N2O6S. The Morgan fingerprint density at radius 1 is 1.60 bits per heavy atom. The van der Waals surface area contributed by atoms with Crippen molar-refractivity contribution in [3.05, 3.63) is 28.1 Å². The van der Waals surface area contributed by atoms with E-state index in [9.17, 15) is 23.3 Å². The van der Waals surface area contributed by atoms with Crippen molar-refractivity contribution in [3.63, 3.8) is 0 Å². The van der Waals surface area contributed by atoms with Gasteiger partial charge in [-0.2, -0.15) is 0 Å². The largest absolute Gasteiger partial charge is 0.476 e. The Kier molecular flexibility index (Phi) is 2.50. The van der Waals surface area contributed by atoms with Gasteiger partial charge < -0.3 is 5.11 Å². The van der Waals surface area contributed by atoms with Crippen molar-refractivity contribution in [2.45, 2.75) is 0 Å². The fourth-order valence-corrected chi connectivity index (χ4v) is 1.82. The van der Waals surface area contributed by atoms with Gasteiger partial charge in [-0.3, -0.25) is 10.1 Å². The number of carboxylic acid groups (broad SMARTS) is 1. The number of rotatable bonds is 3. The molecule has 0 unspecified atom stereocenters. The third kappa shape index (κ3) is 1.96. The van der Waals surface area contributed by atoms with Crippen LogP contribution < -0.4 is 0 Å². The number of aromatic nitrogens is 1. The lowest BCUT2D eigenvalue weighted by molar-refractivity contribution is -0.385. The highest BCUT2D eigenvalue weighted by molar-refractivity contribution is 7.89. The summed E-state index contributed by atoms with van der Waals surface area (Å²) in [7, 11) is -3.86. The molecule has 1 aromatic rings. The number of nitro groups is 1. The van der Waals surface area contributed by atoms with E-state index >= 15 is 0 Å². The van der Waals surface area contributed by atoms with Crippen LogP contribution in [-0.4, -0.2) is 34.6 Å². The zero-order chi connectivity index (χ0) is 11.8. The standard InChI is InChI=1S/C6H6N2O6S/c1-15(13,14)7-3-2-4(8(11)12)5(7)6(9)10/h2-3H,1H3,(H,9,10). The van der Waals surface area contributed by atoms with Crippen molar-refractivity contribution in [3.8, 4) is 0 Å². The molecule has 0 saturated heterocycles. The van der Waals surface area contributed by atoms with Gasteiger partial charge in [0.05, 0.1) is 11.2 Å². The molecule has 0 aliphatic heterocycles. The second kappa shape index (κ2) is 3.35. The maximum Gasteiger partial charge on any atom is 0.360 e. The maximum atomic E-state index is 11.1. The van der Waals surface area contributed by atoms with E-state index in [-0.39, 0.29) is 0 Å². The minimum atomic E-state index is -3.86. The molecule has 0 fully saturated rings. The van der Waals surface area contributed by atoms with Gasteiger partial charge in [-0.1, -0.05) is 0 Å². The van der Waals surface area contributed by atoms with Gasteiger partial charge in [0.1, 0.15) is 0 Å². The van der Waals surface area contributed by atoms with Crippen molar-refractivity contribution < 1.29 is 23.2 Å². The van der Waals surface area contributed by atoms with Crippen LogP contribution in [0.2, 0.25) is 0 Å². The monoisotopic (exact) mass is 234 g/mol. The first-order valence-electron chi connectivity index (χ1n) is 3.54. The molecule has 0 radical (unpaired) electrons. The van der Waals surface area contributed by atoms with Crippen LogP contribution in [0.1, 0.15) is 10.5 Å². The lowest BCUT2D eigenvalue weighted by Gasteiger charge is -2.01. The van der Waals surface area contributed by atoms with Gasteiger partial charge in [0.2, 0.25) is 15.7 Å². The second-order valence-corrected chi connectivity index (χ2v) is 4.53. The zero-order valence-corrected chi connectivity index (χ0v) is 8.26. The molecule has 0 spiro atoms. The molecule has 8 nitrogen and oxygen atoms in total. The fourth-order valence-electron chi connectivity index (χ4n) is 1.03. The van der Waals surface area contributed by atoms with Crippen LogP contribution >= 0.6 is 0 Å². The van der Waals surface area contributed by atoms with E-state index in [0.29, 0.717) is 3.97 Å². The van der Waals surface area contributed by atoms with Gasteiger partial charge in [0.25, 0.3) is 0 Å². The van der Waals surface area contributed by atoms with Crippen molar-refractivity contribution in [1.29, 1.82) is 0 Å². The van der Waals surface area contributed by atoms with Crippen LogP contribution in [0.25, 0.3) is 0 Å². The van der Waals surface area contributed by atoms with Crippen LogP contribution in [0, 0.1) is 10.1 Å². The summed E-state index contributed by atoms with van der Waals surface area (Å²) in [5.41, 5.74) is -1.63. The smallest absolute Gasteiger partial charge is 0.360 e. The first-order chi connectivity index (χ1) is 6.75. The Hall–Kier alpha value is -1.90. The molecule has 1 heterocycles. The van der Waals surface area contributed by atoms with Crippen LogP contribution in [0.4, 0.5) is 5.69 Å². The highest BCUT2D eigenvalue weighted by Gasteiger charge is 2.28. The molecule has 0 bridgehead atoms. The molecule has 1 N–H and O–H groups in total. The van der Waals surface area contributed by atoms with Crippen molar-refractivity contribution in [2.75, 3.05) is 6.26 Å². The Morgan fingerprint density at radius 3 is 2.47 bits per heavy atom. The number of carboxylic acids is 1. The number of aromatic carboxylic acids is 1. The molecular weight excluding hydrogens is 228 g/mol. The molecule has 15 heavy (non-hydrogen) atoms. The SMILES string of the molecule is CS(=O)(=O)n1ccc([N+](=O)[O-])c1C(=O)O. The third-order valence-corrected chi connectivity index (χ3v) is 2.61. The van der Waals surface area contributed by atoms with Crippen LogP contribution in [-0.2, 0) is 10.0 Å². The highest BCUT2D eigenvalue weighted by atomic mass is 32.2. The number of carbonyl (C=O) groups is 1. The highest BCUT2D eigenvalue weighted by Crippen LogP contribution is 2.20. The summed E-state index contributed by atoms with van der Waals surface area (Å²) in [5, 5.41) is 19.1. The van der Waals surface area contributed by atoms with Gasteiger partial charge in [-0.15, -0.1) is 0 Å². The van der Waals surface area contributed by atoms with E-state index in [1.165, 1.54) is 0 Å². The molecule has 82 valence electrons. The number of hydrogen-bond donors (Lipinski definition) is 1. The lowest BCUT2D eigenvalue weighted by Crippen LogP contribution is -2.16. The summed E-state index contributed by atoms with van der Waals surface area (Å²) >= 11 is 0. The van der Waals surface area contributed by atoms with Crippen molar-refractivity contribution in [1.82, 2.24) is 3.97 Å². The van der Waals surface area contributed by atoms with Crippen molar-refractivity contribution in [2.24, 2.45) is 0 Å². The van der Waals surface area contributed by atoms with Crippen LogP contribution in [0.15, 0.2) is 12.3 Å². The normalized spacial score (nSPS) is 11.3. The molecule has 9 heteroatoms. The molecule has 0 atom stereocenters. The maximum absolute atomic E-state index is 11.1. The average Bonchev–Trinajstić information content (AvgIpc) is 2.45. The Bertz CT molecular complexity index is 528. The molecule has 0 aliphatic carbocycles. The van der Waals surface area contributed by atoms with Gasteiger partial charge in [0, 0.05) is 12.3 Å². The van der Waals surface area contributed by atoms with E-state index in [4.69, 9.17) is 5.11 Å². The van der Waals surface area contributed by atoms with Gasteiger partial charge in [0.15, 0.2) is 0 Å². The molecule has 0 aliphatic rings. The summed E-state index contributed by atoms with van der Waals surface area (Å²) in [5.74, 6) is -1.67. The second-order valence-electron chi connectivity index (χ2n) is 2.67. The molecule has 1 aromatic heterocycles. The Balaban J connectivity index is 3.59. The zero-order valence-electron chi connectivity index (χ0n) is 7.45. The predicted molar refractivity (Wildman–Crippen MR) is 48.3 cm³/mol. The number of nitrogens with zero attached hydrogens (tertiary/aromatic N) is 2. The lowest BCUT2D eigenvalue weighted by atomic mass is 10.4. The Labute approximate surface area is 83.9 Å².